The van der Waals surface area contributed by atoms with Crippen molar-refractivity contribution >= 4 is 23.3 Å². The van der Waals surface area contributed by atoms with E-state index in [1.165, 1.54) is 6.92 Å². The van der Waals surface area contributed by atoms with Crippen LogP contribution in [0.5, 0.6) is 0 Å². The average Bonchev–Trinajstić information content (AvgIpc) is 2.84. The van der Waals surface area contributed by atoms with E-state index in [2.05, 4.69) is 0 Å². The molecule has 174 valence electrons. The molecule has 0 amide bonds. The summed E-state index contributed by atoms with van der Waals surface area (Å²) in [5, 5.41) is 21.7. The molecule has 0 saturated heterocycles. The maximum Gasteiger partial charge on any atom is 0.355 e. The number of rotatable bonds is 5. The van der Waals surface area contributed by atoms with Crippen molar-refractivity contribution in [1.29, 1.82) is 5.26 Å². The standard InChI is InChI=1S/C23H19FN4O6/c1-12-9-16(17(28(31)32)10-15(12)24)27-20(23(30)34-3)19(22(29)33-2)18(14(11-25)21(27)26)13-7-5-4-6-8-13/h4-10,18H,26H2,1-3H3. The van der Waals surface area contributed by atoms with Gasteiger partial charge in [0.25, 0.3) is 5.69 Å². The molecule has 2 N–H and O–H groups in total. The van der Waals surface area contributed by atoms with Crippen LogP contribution in [0.25, 0.3) is 0 Å². The molecule has 0 radical (unpaired) electrons. The Kier molecular flexibility index (Phi) is 6.63. The van der Waals surface area contributed by atoms with Gasteiger partial charge in [-0.15, -0.1) is 0 Å². The van der Waals surface area contributed by atoms with E-state index in [4.69, 9.17) is 15.2 Å². The lowest BCUT2D eigenvalue weighted by atomic mass is 9.81. The van der Waals surface area contributed by atoms with Gasteiger partial charge >= 0.3 is 11.9 Å². The van der Waals surface area contributed by atoms with Gasteiger partial charge in [-0.2, -0.15) is 5.26 Å². The molecule has 1 aliphatic rings. The topological polar surface area (TPSA) is 149 Å². The minimum Gasteiger partial charge on any atom is -0.466 e. The molecule has 0 aliphatic carbocycles. The van der Waals surface area contributed by atoms with Crippen molar-refractivity contribution in [2.24, 2.45) is 5.73 Å². The van der Waals surface area contributed by atoms with Gasteiger partial charge in [0.2, 0.25) is 0 Å². The van der Waals surface area contributed by atoms with Gasteiger partial charge in [-0.1, -0.05) is 30.3 Å². The summed E-state index contributed by atoms with van der Waals surface area (Å²) in [6.45, 7) is 1.35. The molecule has 1 heterocycles. The zero-order valence-corrected chi connectivity index (χ0v) is 18.4. The number of aryl methyl sites for hydroxylation is 1. The number of nitrogens with zero attached hydrogens (tertiary/aromatic N) is 3. The number of allylic oxidation sites excluding steroid dienone is 1. The fourth-order valence-electron chi connectivity index (χ4n) is 3.74. The molecule has 1 aliphatic heterocycles. The number of carbonyl (C=O) groups is 2. The van der Waals surface area contributed by atoms with Gasteiger partial charge in [0.1, 0.15) is 23.0 Å². The normalized spacial score (nSPS) is 15.6. The Bertz CT molecular complexity index is 1300. The number of methoxy groups -OCH3 is 2. The van der Waals surface area contributed by atoms with E-state index in [1.807, 2.05) is 6.07 Å². The van der Waals surface area contributed by atoms with E-state index >= 15 is 0 Å². The van der Waals surface area contributed by atoms with Crippen LogP contribution in [0.4, 0.5) is 15.8 Å². The van der Waals surface area contributed by atoms with Gasteiger partial charge in [-0.3, -0.25) is 15.0 Å². The summed E-state index contributed by atoms with van der Waals surface area (Å²) in [4.78, 5) is 37.7. The number of benzene rings is 2. The predicted octanol–water partition coefficient (Wildman–Crippen LogP) is 2.94. The van der Waals surface area contributed by atoms with Crippen molar-refractivity contribution in [3.05, 3.63) is 92.2 Å². The quantitative estimate of drug-likeness (QED) is 0.399. The smallest absolute Gasteiger partial charge is 0.355 e. The Morgan fingerprint density at radius 2 is 1.79 bits per heavy atom. The first-order valence-electron chi connectivity index (χ1n) is 9.78. The van der Waals surface area contributed by atoms with E-state index in [0.717, 1.165) is 25.2 Å². The molecule has 0 aromatic heterocycles. The van der Waals surface area contributed by atoms with Crippen molar-refractivity contribution in [2.75, 3.05) is 19.1 Å². The number of hydrogen-bond acceptors (Lipinski definition) is 9. The number of anilines is 1. The number of hydrogen-bond donors (Lipinski definition) is 1. The lowest BCUT2D eigenvalue weighted by molar-refractivity contribution is -0.384. The molecule has 2 aromatic rings. The largest absolute Gasteiger partial charge is 0.466 e. The van der Waals surface area contributed by atoms with E-state index < -0.39 is 40.0 Å². The number of ether oxygens (including phenoxy) is 2. The fraction of sp³-hybridized carbons (Fsp3) is 0.174. The Morgan fingerprint density at radius 3 is 2.32 bits per heavy atom. The van der Waals surface area contributed by atoms with Gasteiger partial charge in [-0.05, 0) is 24.1 Å². The van der Waals surface area contributed by atoms with Crippen LogP contribution < -0.4 is 10.6 Å². The summed E-state index contributed by atoms with van der Waals surface area (Å²) >= 11 is 0. The highest BCUT2D eigenvalue weighted by molar-refractivity contribution is 6.06. The highest BCUT2D eigenvalue weighted by Crippen LogP contribution is 2.45. The molecule has 0 saturated carbocycles. The molecule has 34 heavy (non-hydrogen) atoms. The maximum atomic E-state index is 14.2. The number of esters is 2. The summed E-state index contributed by atoms with van der Waals surface area (Å²) in [5.41, 5.74) is 4.69. The Balaban J connectivity index is 2.51. The minimum absolute atomic E-state index is 0.000856. The SMILES string of the molecule is COC(=O)C1=C(C(=O)OC)N(c2cc(C)c(F)cc2[N+](=O)[O-])C(N)=C(C#N)C1c1ccccc1. The van der Waals surface area contributed by atoms with Crippen LogP contribution >= 0.6 is 0 Å². The number of nitro groups is 1. The van der Waals surface area contributed by atoms with Crippen LogP contribution in [0, 0.1) is 34.2 Å². The number of nitriles is 1. The van der Waals surface area contributed by atoms with Crippen molar-refractivity contribution in [3.8, 4) is 6.07 Å². The molecule has 1 atom stereocenters. The van der Waals surface area contributed by atoms with Gasteiger partial charge in [-0.25, -0.2) is 14.0 Å². The van der Waals surface area contributed by atoms with Gasteiger partial charge < -0.3 is 15.2 Å². The summed E-state index contributed by atoms with van der Waals surface area (Å²) < 4.78 is 24.0. The third-order valence-electron chi connectivity index (χ3n) is 5.30. The number of carbonyl (C=O) groups excluding carboxylic acids is 2. The number of halogens is 1. The maximum absolute atomic E-state index is 14.2. The van der Waals surface area contributed by atoms with E-state index in [9.17, 15) is 29.4 Å². The van der Waals surface area contributed by atoms with E-state index in [1.54, 1.807) is 30.3 Å². The van der Waals surface area contributed by atoms with Crippen molar-refractivity contribution in [3.63, 3.8) is 0 Å². The Labute approximate surface area is 193 Å². The average molecular weight is 466 g/mol. The van der Waals surface area contributed by atoms with E-state index in [0.29, 0.717) is 11.6 Å². The molecule has 10 nitrogen and oxygen atoms in total. The second-order valence-corrected chi connectivity index (χ2v) is 7.18. The fourth-order valence-corrected chi connectivity index (χ4v) is 3.74. The minimum atomic E-state index is -1.13. The zero-order valence-electron chi connectivity index (χ0n) is 18.4. The zero-order chi connectivity index (χ0) is 25.2. The van der Waals surface area contributed by atoms with Crippen LogP contribution in [0.15, 0.2) is 65.1 Å². The van der Waals surface area contributed by atoms with Crippen molar-refractivity contribution in [2.45, 2.75) is 12.8 Å². The molecule has 0 bridgehead atoms. The third kappa shape index (κ3) is 3.93. The molecule has 1 unspecified atom stereocenters. The summed E-state index contributed by atoms with van der Waals surface area (Å²) in [6, 6.07) is 12.0. The molecular weight excluding hydrogens is 447 g/mol. The van der Waals surface area contributed by atoms with Crippen LogP contribution in [0.2, 0.25) is 0 Å². The molecule has 0 spiro atoms. The lowest BCUT2D eigenvalue weighted by Crippen LogP contribution is -2.41. The van der Waals surface area contributed by atoms with Crippen LogP contribution in [-0.2, 0) is 19.1 Å². The van der Waals surface area contributed by atoms with Gasteiger partial charge in [0.05, 0.1) is 48.3 Å². The first-order valence-corrected chi connectivity index (χ1v) is 9.78. The van der Waals surface area contributed by atoms with Gasteiger partial charge in [0, 0.05) is 0 Å². The molecular formula is C23H19FN4O6. The first-order chi connectivity index (χ1) is 16.2. The number of nitrogens with two attached hydrogens (primary N) is 1. The third-order valence-corrected chi connectivity index (χ3v) is 5.30. The molecule has 0 fully saturated rings. The Hall–Kier alpha value is -4.72. The highest BCUT2D eigenvalue weighted by atomic mass is 19.1. The van der Waals surface area contributed by atoms with Crippen LogP contribution in [-0.4, -0.2) is 31.1 Å². The van der Waals surface area contributed by atoms with Crippen LogP contribution in [0.3, 0.4) is 0 Å². The number of nitro benzene ring substituents is 1. The Morgan fingerprint density at radius 1 is 1.18 bits per heavy atom. The van der Waals surface area contributed by atoms with Gasteiger partial charge in [0.15, 0.2) is 0 Å². The van der Waals surface area contributed by atoms with E-state index in [-0.39, 0.29) is 28.2 Å². The monoisotopic (exact) mass is 466 g/mol. The molecule has 11 heteroatoms. The first kappa shape index (κ1) is 23.9. The predicted molar refractivity (Wildman–Crippen MR) is 117 cm³/mol. The second kappa shape index (κ2) is 9.41. The highest BCUT2D eigenvalue weighted by Gasteiger charge is 2.44. The summed E-state index contributed by atoms with van der Waals surface area (Å²) in [6.07, 6.45) is 0. The van der Waals surface area contributed by atoms with Crippen molar-refractivity contribution in [1.82, 2.24) is 0 Å². The molecule has 3 rings (SSSR count). The summed E-state index contributed by atoms with van der Waals surface area (Å²) in [5.74, 6) is -4.42. The van der Waals surface area contributed by atoms with Crippen molar-refractivity contribution < 1.29 is 28.4 Å². The molecule has 2 aromatic carbocycles. The van der Waals surface area contributed by atoms with Crippen LogP contribution in [0.1, 0.15) is 17.0 Å². The summed E-state index contributed by atoms with van der Waals surface area (Å²) in [7, 11) is 2.12. The second-order valence-electron chi connectivity index (χ2n) is 7.18. The lowest BCUT2D eigenvalue weighted by Gasteiger charge is -2.35.